The Balaban J connectivity index is 1.62. The van der Waals surface area contributed by atoms with Crippen LogP contribution in [0.1, 0.15) is 6.42 Å². The molecule has 1 unspecified atom stereocenters. The largest absolute Gasteiger partial charge is 0.456 e. The van der Waals surface area contributed by atoms with Crippen LogP contribution in [-0.2, 0) is 4.74 Å². The molecule has 0 aliphatic heterocycles. The van der Waals surface area contributed by atoms with E-state index in [1.54, 1.807) is 6.07 Å². The fourth-order valence-electron chi connectivity index (χ4n) is 2.61. The van der Waals surface area contributed by atoms with Gasteiger partial charge < -0.3 is 24.9 Å². The summed E-state index contributed by atoms with van der Waals surface area (Å²) < 4.78 is 10.6. The fourth-order valence-corrected chi connectivity index (χ4v) is 2.61. The maximum absolute atomic E-state index is 11.9. The number of aliphatic hydroxyl groups is 1. The predicted molar refractivity (Wildman–Crippen MR) is 93.2 cm³/mol. The maximum Gasteiger partial charge on any atom is 0.319 e. The highest BCUT2D eigenvalue weighted by Gasteiger charge is 2.09. The molecule has 0 aliphatic carbocycles. The normalized spacial score (nSPS) is 12.4. The molecular formula is C18H20N2O4. The first-order valence-electron chi connectivity index (χ1n) is 7.80. The summed E-state index contributed by atoms with van der Waals surface area (Å²) in [6, 6.07) is 13.1. The number of para-hydroxylation sites is 1. The summed E-state index contributed by atoms with van der Waals surface area (Å²) in [4.78, 5) is 11.9. The highest BCUT2D eigenvalue weighted by molar-refractivity contribution is 6.06. The molecule has 24 heavy (non-hydrogen) atoms. The van der Waals surface area contributed by atoms with Crippen LogP contribution >= 0.6 is 0 Å². The Labute approximate surface area is 139 Å². The molecule has 0 fully saturated rings. The van der Waals surface area contributed by atoms with Gasteiger partial charge >= 0.3 is 6.03 Å². The molecule has 1 aromatic heterocycles. The Kier molecular flexibility index (Phi) is 4.98. The molecule has 2 aromatic carbocycles. The van der Waals surface area contributed by atoms with Crippen molar-refractivity contribution in [3.63, 3.8) is 0 Å². The number of rotatable bonds is 6. The van der Waals surface area contributed by atoms with Crippen LogP contribution in [0.4, 0.5) is 10.5 Å². The van der Waals surface area contributed by atoms with Crippen LogP contribution in [0.5, 0.6) is 0 Å². The number of carbonyl (C=O) groups is 1. The predicted octanol–water partition coefficient (Wildman–Crippen LogP) is 3.10. The van der Waals surface area contributed by atoms with Gasteiger partial charge in [0, 0.05) is 36.2 Å². The van der Waals surface area contributed by atoms with E-state index in [4.69, 9.17) is 9.15 Å². The van der Waals surface area contributed by atoms with Crippen molar-refractivity contribution in [2.45, 2.75) is 12.5 Å². The molecule has 6 nitrogen and oxygen atoms in total. The Bertz CT molecular complexity index is 843. The van der Waals surface area contributed by atoms with Crippen LogP contribution in [0.3, 0.4) is 0 Å². The van der Waals surface area contributed by atoms with Gasteiger partial charge in [-0.1, -0.05) is 18.2 Å². The van der Waals surface area contributed by atoms with Crippen LogP contribution in [0.15, 0.2) is 46.9 Å². The number of amides is 2. The van der Waals surface area contributed by atoms with Crippen LogP contribution < -0.4 is 10.6 Å². The van der Waals surface area contributed by atoms with Gasteiger partial charge in [-0.25, -0.2) is 4.79 Å². The van der Waals surface area contributed by atoms with Crippen LogP contribution in [0.25, 0.3) is 21.9 Å². The van der Waals surface area contributed by atoms with E-state index in [1.807, 2.05) is 36.4 Å². The third-order valence-electron chi connectivity index (χ3n) is 3.76. The fraction of sp³-hybridized carbons (Fsp3) is 0.278. The van der Waals surface area contributed by atoms with Crippen LogP contribution in [-0.4, -0.2) is 37.5 Å². The number of carbonyl (C=O) groups excluding carboxylic acids is 1. The van der Waals surface area contributed by atoms with Gasteiger partial charge in [0.1, 0.15) is 11.2 Å². The molecule has 1 heterocycles. The summed E-state index contributed by atoms with van der Waals surface area (Å²) in [7, 11) is 1.53. The number of benzene rings is 2. The monoisotopic (exact) mass is 328 g/mol. The highest BCUT2D eigenvalue weighted by atomic mass is 16.5. The second kappa shape index (κ2) is 7.33. The zero-order valence-electron chi connectivity index (χ0n) is 13.4. The zero-order valence-corrected chi connectivity index (χ0v) is 13.4. The van der Waals surface area contributed by atoms with Gasteiger partial charge in [-0.3, -0.25) is 0 Å². The Morgan fingerprint density at radius 3 is 2.83 bits per heavy atom. The molecular weight excluding hydrogens is 308 g/mol. The quantitative estimate of drug-likeness (QED) is 0.649. The number of methoxy groups -OCH3 is 1. The first-order chi connectivity index (χ1) is 11.7. The number of nitrogens with one attached hydrogen (secondary N) is 2. The van der Waals surface area contributed by atoms with E-state index in [1.165, 1.54) is 7.11 Å². The maximum atomic E-state index is 11.9. The van der Waals surface area contributed by atoms with Crippen molar-refractivity contribution in [1.29, 1.82) is 0 Å². The van der Waals surface area contributed by atoms with Gasteiger partial charge in [0.15, 0.2) is 0 Å². The molecule has 0 spiro atoms. The second-order valence-corrected chi connectivity index (χ2v) is 5.59. The highest BCUT2D eigenvalue weighted by Crippen LogP contribution is 2.30. The molecule has 0 radical (unpaired) electrons. The molecule has 0 saturated heterocycles. The zero-order chi connectivity index (χ0) is 16.9. The second-order valence-electron chi connectivity index (χ2n) is 5.59. The van der Waals surface area contributed by atoms with Gasteiger partial charge in [-0.15, -0.1) is 0 Å². The summed E-state index contributed by atoms with van der Waals surface area (Å²) in [5, 5.41) is 17.1. The average molecular weight is 328 g/mol. The minimum absolute atomic E-state index is 0.256. The molecule has 2 amide bonds. The molecule has 126 valence electrons. The first kappa shape index (κ1) is 16.3. The smallest absolute Gasteiger partial charge is 0.319 e. The number of aliphatic hydroxyl groups excluding tert-OH is 1. The van der Waals surface area contributed by atoms with Crippen molar-refractivity contribution < 1.29 is 19.1 Å². The number of hydrogen-bond acceptors (Lipinski definition) is 4. The summed E-state index contributed by atoms with van der Waals surface area (Å²) in [5.41, 5.74) is 2.20. The van der Waals surface area contributed by atoms with Gasteiger partial charge in [0.2, 0.25) is 0 Å². The summed E-state index contributed by atoms with van der Waals surface area (Å²) in [6.07, 6.45) is -0.147. The molecule has 0 aliphatic rings. The molecule has 0 bridgehead atoms. The lowest BCUT2D eigenvalue weighted by molar-refractivity contribution is 0.0599. The summed E-state index contributed by atoms with van der Waals surface area (Å²) >= 11 is 0. The third kappa shape index (κ3) is 3.67. The van der Waals surface area contributed by atoms with Crippen LogP contribution in [0.2, 0.25) is 0 Å². The lowest BCUT2D eigenvalue weighted by Gasteiger charge is -2.11. The number of urea groups is 1. The van der Waals surface area contributed by atoms with Crippen molar-refractivity contribution in [3.05, 3.63) is 42.5 Å². The van der Waals surface area contributed by atoms with E-state index in [0.717, 1.165) is 21.9 Å². The SMILES string of the molecule is COCC(O)CCNC(=O)Nc1ccc2c(c1)oc1ccccc12. The minimum Gasteiger partial charge on any atom is -0.456 e. The number of fused-ring (bicyclic) bond motifs is 3. The van der Waals surface area contributed by atoms with Crippen molar-refractivity contribution in [1.82, 2.24) is 5.32 Å². The van der Waals surface area contributed by atoms with E-state index in [-0.39, 0.29) is 12.6 Å². The number of hydrogen-bond donors (Lipinski definition) is 3. The van der Waals surface area contributed by atoms with Gasteiger partial charge in [-0.05, 0) is 24.6 Å². The van der Waals surface area contributed by atoms with Crippen molar-refractivity contribution in [3.8, 4) is 0 Å². The minimum atomic E-state index is -0.581. The van der Waals surface area contributed by atoms with E-state index in [2.05, 4.69) is 10.6 Å². The standard InChI is InChI=1S/C18H20N2O4/c1-23-11-13(21)8-9-19-18(22)20-12-6-7-15-14-4-2-3-5-16(14)24-17(15)10-12/h2-7,10,13,21H,8-9,11H2,1H3,(H2,19,20,22). The van der Waals surface area contributed by atoms with E-state index in [0.29, 0.717) is 18.7 Å². The number of furan rings is 1. The Hall–Kier alpha value is -2.57. The lowest BCUT2D eigenvalue weighted by atomic mass is 10.1. The molecule has 3 aromatic rings. The Morgan fingerprint density at radius 1 is 1.21 bits per heavy atom. The van der Waals surface area contributed by atoms with Crippen molar-refractivity contribution >= 4 is 33.7 Å². The van der Waals surface area contributed by atoms with Crippen molar-refractivity contribution in [2.75, 3.05) is 25.6 Å². The summed E-state index contributed by atoms with van der Waals surface area (Å²) in [6.45, 7) is 0.620. The third-order valence-corrected chi connectivity index (χ3v) is 3.76. The number of anilines is 1. The topological polar surface area (TPSA) is 83.7 Å². The van der Waals surface area contributed by atoms with E-state index < -0.39 is 6.10 Å². The van der Waals surface area contributed by atoms with E-state index in [9.17, 15) is 9.90 Å². The van der Waals surface area contributed by atoms with Crippen molar-refractivity contribution in [2.24, 2.45) is 0 Å². The molecule has 1 atom stereocenters. The lowest BCUT2D eigenvalue weighted by Crippen LogP contribution is -2.32. The average Bonchev–Trinajstić information content (AvgIpc) is 2.92. The molecule has 0 saturated carbocycles. The number of ether oxygens (including phenoxy) is 1. The molecule has 6 heteroatoms. The summed E-state index contributed by atoms with van der Waals surface area (Å²) in [5.74, 6) is 0. The van der Waals surface area contributed by atoms with Gasteiger partial charge in [-0.2, -0.15) is 0 Å². The molecule has 3 N–H and O–H groups in total. The van der Waals surface area contributed by atoms with Crippen LogP contribution in [0, 0.1) is 0 Å². The molecule has 3 rings (SSSR count). The van der Waals surface area contributed by atoms with Gasteiger partial charge in [0.05, 0.1) is 12.7 Å². The van der Waals surface area contributed by atoms with E-state index >= 15 is 0 Å². The Morgan fingerprint density at radius 2 is 2.00 bits per heavy atom. The van der Waals surface area contributed by atoms with Gasteiger partial charge in [0.25, 0.3) is 0 Å². The first-order valence-corrected chi connectivity index (χ1v) is 7.80.